The van der Waals surface area contributed by atoms with Crippen molar-refractivity contribution in [1.29, 1.82) is 0 Å². The number of allylic oxidation sites excluding steroid dienone is 1. The minimum atomic E-state index is 1.03. The molecule has 0 spiro atoms. The van der Waals surface area contributed by atoms with Gasteiger partial charge in [-0.3, -0.25) is 0 Å². The Morgan fingerprint density at radius 2 is 1.75 bits per heavy atom. The van der Waals surface area contributed by atoms with E-state index in [1.54, 1.807) is 0 Å². The molecule has 0 aliphatic heterocycles. The second kappa shape index (κ2) is 5.22. The summed E-state index contributed by atoms with van der Waals surface area (Å²) in [5, 5.41) is 1.23. The Morgan fingerprint density at radius 3 is 2.45 bits per heavy atom. The Balaban J connectivity index is 2.46. The molecule has 0 radical (unpaired) electrons. The van der Waals surface area contributed by atoms with Crippen molar-refractivity contribution >= 4 is 29.6 Å². The normalized spacial score (nSPS) is 11.6. The van der Waals surface area contributed by atoms with Gasteiger partial charge in [-0.2, -0.15) is 0 Å². The van der Waals surface area contributed by atoms with Gasteiger partial charge in [-0.15, -0.1) is 12.6 Å². The highest BCUT2D eigenvalue weighted by molar-refractivity contribution is 7.80. The van der Waals surface area contributed by atoms with E-state index < -0.39 is 0 Å². The van der Waals surface area contributed by atoms with E-state index in [9.17, 15) is 0 Å². The van der Waals surface area contributed by atoms with Crippen LogP contribution < -0.4 is 0 Å². The fourth-order valence-electron chi connectivity index (χ4n) is 2.74. The van der Waals surface area contributed by atoms with Crippen LogP contribution in [0, 0.1) is 6.92 Å². The minimum Gasteiger partial charge on any atom is -0.310 e. The first-order valence-electron chi connectivity index (χ1n) is 6.75. The second-order valence-corrected chi connectivity index (χ2v) is 5.33. The van der Waals surface area contributed by atoms with Crippen molar-refractivity contribution in [2.24, 2.45) is 0 Å². The molecule has 0 amide bonds. The van der Waals surface area contributed by atoms with Gasteiger partial charge in [0.05, 0.1) is 5.52 Å². The lowest BCUT2D eigenvalue weighted by molar-refractivity contribution is 1.10. The molecule has 0 atom stereocenters. The van der Waals surface area contributed by atoms with E-state index in [1.165, 1.54) is 27.8 Å². The lowest BCUT2D eigenvalue weighted by Gasteiger charge is -2.09. The Hall–Kier alpha value is -1.93. The van der Waals surface area contributed by atoms with Crippen LogP contribution in [0.1, 0.15) is 18.2 Å². The second-order valence-electron chi connectivity index (χ2n) is 4.85. The van der Waals surface area contributed by atoms with Crippen molar-refractivity contribution in [3.05, 3.63) is 65.9 Å². The van der Waals surface area contributed by atoms with Crippen LogP contribution in [0.5, 0.6) is 0 Å². The molecular weight excluding hydrogens is 262 g/mol. The molecule has 1 heterocycles. The average Bonchev–Trinajstić information content (AvgIpc) is 2.75. The zero-order valence-corrected chi connectivity index (χ0v) is 12.6. The number of thiol groups is 1. The molecule has 3 aromatic rings. The third-order valence-corrected chi connectivity index (χ3v) is 3.97. The molecule has 100 valence electrons. The maximum atomic E-state index is 4.62. The number of fused-ring (bicyclic) bond motifs is 1. The first-order chi connectivity index (χ1) is 9.74. The topological polar surface area (TPSA) is 4.93 Å². The summed E-state index contributed by atoms with van der Waals surface area (Å²) < 4.78 is 2.30. The average molecular weight is 279 g/mol. The molecule has 0 unspecified atom stereocenters. The van der Waals surface area contributed by atoms with E-state index in [4.69, 9.17) is 0 Å². The predicted octanol–water partition coefficient (Wildman–Crippen LogP) is 5.26. The Kier molecular flexibility index (Phi) is 3.41. The summed E-state index contributed by atoms with van der Waals surface area (Å²) in [7, 11) is 0. The SMILES string of the molecule is C/C=C\c1c(C)c2c(S)cccc2n1-c1ccccc1. The monoisotopic (exact) mass is 279 g/mol. The lowest BCUT2D eigenvalue weighted by Crippen LogP contribution is -1.96. The highest BCUT2D eigenvalue weighted by atomic mass is 32.1. The van der Waals surface area contributed by atoms with Crippen molar-refractivity contribution in [3.8, 4) is 5.69 Å². The molecule has 0 bridgehead atoms. The molecule has 2 heteroatoms. The van der Waals surface area contributed by atoms with Crippen LogP contribution >= 0.6 is 12.6 Å². The van der Waals surface area contributed by atoms with E-state index in [0.717, 1.165) is 4.90 Å². The third-order valence-electron chi connectivity index (χ3n) is 3.60. The largest absolute Gasteiger partial charge is 0.310 e. The fraction of sp³-hybridized carbons (Fsp3) is 0.111. The molecule has 0 aliphatic rings. The van der Waals surface area contributed by atoms with E-state index in [2.05, 4.69) is 72.7 Å². The summed E-state index contributed by atoms with van der Waals surface area (Å²) in [5.41, 5.74) is 4.87. The number of hydrogen-bond donors (Lipinski definition) is 1. The van der Waals surface area contributed by atoms with Crippen LogP contribution in [0.4, 0.5) is 0 Å². The molecule has 20 heavy (non-hydrogen) atoms. The lowest BCUT2D eigenvalue weighted by atomic mass is 10.1. The van der Waals surface area contributed by atoms with Gasteiger partial charge in [0.15, 0.2) is 0 Å². The molecule has 2 aromatic carbocycles. The Bertz CT molecular complexity index is 782. The quantitative estimate of drug-likeness (QED) is 0.610. The first-order valence-corrected chi connectivity index (χ1v) is 7.20. The van der Waals surface area contributed by atoms with E-state index in [0.29, 0.717) is 0 Å². The minimum absolute atomic E-state index is 1.03. The summed E-state index contributed by atoms with van der Waals surface area (Å²) in [5.74, 6) is 0. The molecule has 1 nitrogen and oxygen atoms in total. The smallest absolute Gasteiger partial charge is 0.0548 e. The van der Waals surface area contributed by atoms with Crippen molar-refractivity contribution in [3.63, 3.8) is 0 Å². The Morgan fingerprint density at radius 1 is 1.00 bits per heavy atom. The van der Waals surface area contributed by atoms with Crippen molar-refractivity contribution in [1.82, 2.24) is 4.57 Å². The van der Waals surface area contributed by atoms with Gasteiger partial charge in [0.2, 0.25) is 0 Å². The maximum Gasteiger partial charge on any atom is 0.0548 e. The molecule has 0 saturated carbocycles. The number of para-hydroxylation sites is 1. The highest BCUT2D eigenvalue weighted by Crippen LogP contribution is 2.33. The number of aryl methyl sites for hydroxylation is 1. The third kappa shape index (κ3) is 1.97. The first kappa shape index (κ1) is 13.1. The van der Waals surface area contributed by atoms with Crippen molar-refractivity contribution < 1.29 is 0 Å². The number of hydrogen-bond acceptors (Lipinski definition) is 1. The standard InChI is InChI=1S/C18H17NS/c1-3-8-15-13(2)18-16(11-7-12-17(18)20)19(15)14-9-5-4-6-10-14/h3-12,20H,1-2H3/b8-3-. The van der Waals surface area contributed by atoms with Crippen molar-refractivity contribution in [2.75, 3.05) is 0 Å². The zero-order chi connectivity index (χ0) is 14.1. The van der Waals surface area contributed by atoms with Crippen LogP contribution in [0.2, 0.25) is 0 Å². The van der Waals surface area contributed by atoms with Gasteiger partial charge < -0.3 is 4.57 Å². The summed E-state index contributed by atoms with van der Waals surface area (Å²) in [6.07, 6.45) is 4.24. The number of rotatable bonds is 2. The molecule has 0 fully saturated rings. The molecule has 0 N–H and O–H groups in total. The summed E-state index contributed by atoms with van der Waals surface area (Å²) in [6, 6.07) is 16.7. The van der Waals surface area contributed by atoms with Gasteiger partial charge in [0, 0.05) is 21.7 Å². The molecular formula is C18H17NS. The van der Waals surface area contributed by atoms with Gasteiger partial charge in [-0.1, -0.05) is 30.3 Å². The highest BCUT2D eigenvalue weighted by Gasteiger charge is 2.14. The van der Waals surface area contributed by atoms with Crippen LogP contribution in [0.15, 0.2) is 59.5 Å². The Labute approximate surface area is 125 Å². The number of nitrogens with zero attached hydrogens (tertiary/aromatic N) is 1. The van der Waals surface area contributed by atoms with Crippen LogP contribution in [0.3, 0.4) is 0 Å². The number of aromatic nitrogens is 1. The predicted molar refractivity (Wildman–Crippen MR) is 90.0 cm³/mol. The van der Waals surface area contributed by atoms with Gasteiger partial charge in [0.1, 0.15) is 0 Å². The zero-order valence-electron chi connectivity index (χ0n) is 11.7. The van der Waals surface area contributed by atoms with Gasteiger partial charge in [-0.05, 0) is 49.8 Å². The summed E-state index contributed by atoms with van der Waals surface area (Å²) in [6.45, 7) is 4.21. The van der Waals surface area contributed by atoms with Gasteiger partial charge >= 0.3 is 0 Å². The van der Waals surface area contributed by atoms with E-state index in [-0.39, 0.29) is 0 Å². The molecule has 3 rings (SSSR count). The summed E-state index contributed by atoms with van der Waals surface area (Å²) >= 11 is 4.62. The fourth-order valence-corrected chi connectivity index (χ4v) is 3.11. The van der Waals surface area contributed by atoms with Crippen LogP contribution in [-0.2, 0) is 0 Å². The molecule has 0 saturated heterocycles. The van der Waals surface area contributed by atoms with E-state index in [1.807, 2.05) is 19.1 Å². The van der Waals surface area contributed by atoms with Gasteiger partial charge in [0.25, 0.3) is 0 Å². The number of benzene rings is 2. The molecule has 0 aliphatic carbocycles. The van der Waals surface area contributed by atoms with Crippen molar-refractivity contribution in [2.45, 2.75) is 18.7 Å². The molecule has 1 aromatic heterocycles. The van der Waals surface area contributed by atoms with E-state index >= 15 is 0 Å². The summed E-state index contributed by atoms with van der Waals surface area (Å²) in [4.78, 5) is 1.03. The van der Waals surface area contributed by atoms with Crippen LogP contribution in [0.25, 0.3) is 22.7 Å². The maximum absolute atomic E-state index is 4.62. The van der Waals surface area contributed by atoms with Crippen LogP contribution in [-0.4, -0.2) is 4.57 Å². The van der Waals surface area contributed by atoms with Gasteiger partial charge in [-0.25, -0.2) is 0 Å².